The minimum atomic E-state index is -4.49. The van der Waals surface area contributed by atoms with E-state index in [0.29, 0.717) is 16.7 Å². The zero-order valence-corrected chi connectivity index (χ0v) is 14.8. The molecule has 27 heavy (non-hydrogen) atoms. The van der Waals surface area contributed by atoms with Crippen molar-refractivity contribution >= 4 is 9.84 Å². The predicted molar refractivity (Wildman–Crippen MR) is 93.2 cm³/mol. The molecule has 0 saturated carbocycles. The maximum absolute atomic E-state index is 14.2. The van der Waals surface area contributed by atoms with Crippen LogP contribution in [0.2, 0.25) is 0 Å². The normalized spacial score (nSPS) is 12.2. The zero-order valence-electron chi connectivity index (χ0n) is 14.0. The van der Waals surface area contributed by atoms with E-state index < -0.39 is 32.3 Å². The second kappa shape index (κ2) is 6.77. The quantitative estimate of drug-likeness (QED) is 0.588. The van der Waals surface area contributed by atoms with Gasteiger partial charge in [-0.1, -0.05) is 18.2 Å². The first-order chi connectivity index (χ1) is 12.6. The fourth-order valence-corrected chi connectivity index (χ4v) is 3.44. The molecule has 3 aromatic rings. The van der Waals surface area contributed by atoms with Crippen LogP contribution in [0.25, 0.3) is 22.3 Å². The van der Waals surface area contributed by atoms with Crippen LogP contribution < -0.4 is 0 Å². The molecule has 0 bridgehead atoms. The molecule has 3 nitrogen and oxygen atoms in total. The third-order valence-electron chi connectivity index (χ3n) is 3.96. The number of halogens is 4. The van der Waals surface area contributed by atoms with E-state index >= 15 is 0 Å². The number of benzene rings is 2. The van der Waals surface area contributed by atoms with E-state index in [9.17, 15) is 26.0 Å². The van der Waals surface area contributed by atoms with Crippen LogP contribution in [0.3, 0.4) is 0 Å². The number of aromatic nitrogens is 1. The Morgan fingerprint density at radius 1 is 0.926 bits per heavy atom. The highest BCUT2D eigenvalue weighted by atomic mass is 32.2. The highest BCUT2D eigenvalue weighted by molar-refractivity contribution is 7.90. The first-order valence-electron chi connectivity index (χ1n) is 7.69. The maximum Gasteiger partial charge on any atom is 0.416 e. The summed E-state index contributed by atoms with van der Waals surface area (Å²) < 4.78 is 76.4. The van der Waals surface area contributed by atoms with Crippen molar-refractivity contribution in [3.05, 3.63) is 72.3 Å². The minimum Gasteiger partial charge on any atom is -0.264 e. The third-order valence-corrected chi connectivity index (χ3v) is 5.09. The average Bonchev–Trinajstić information content (AvgIpc) is 2.60. The van der Waals surface area contributed by atoms with E-state index in [2.05, 4.69) is 4.98 Å². The summed E-state index contributed by atoms with van der Waals surface area (Å²) in [5.41, 5.74) is 0.593. The van der Waals surface area contributed by atoms with Gasteiger partial charge in [-0.3, -0.25) is 4.98 Å². The van der Waals surface area contributed by atoms with Crippen LogP contribution in [0, 0.1) is 5.82 Å². The number of sulfone groups is 1. The Hall–Kier alpha value is -2.74. The number of alkyl halides is 3. The van der Waals surface area contributed by atoms with Crippen LogP contribution >= 0.6 is 0 Å². The van der Waals surface area contributed by atoms with Crippen LogP contribution in [-0.2, 0) is 16.0 Å². The first-order valence-corrected chi connectivity index (χ1v) is 9.58. The molecule has 0 amide bonds. The fourth-order valence-electron chi connectivity index (χ4n) is 2.71. The SMILES string of the molecule is CS(=O)(=O)c1ccc(-c2cnccc2-c2cccc(C(F)(F)F)c2)cc1F. The summed E-state index contributed by atoms with van der Waals surface area (Å²) in [6.07, 6.45) is -0.791. The number of pyridine rings is 1. The molecule has 1 aromatic heterocycles. The van der Waals surface area contributed by atoms with Crippen LogP contribution in [0.1, 0.15) is 5.56 Å². The summed E-state index contributed by atoms with van der Waals surface area (Å²) in [6.45, 7) is 0. The van der Waals surface area contributed by atoms with Crippen molar-refractivity contribution in [2.45, 2.75) is 11.1 Å². The van der Waals surface area contributed by atoms with Crippen LogP contribution in [-0.4, -0.2) is 19.7 Å². The second-order valence-corrected chi connectivity index (χ2v) is 7.90. The van der Waals surface area contributed by atoms with E-state index in [1.54, 1.807) is 0 Å². The van der Waals surface area contributed by atoms with Crippen LogP contribution in [0.4, 0.5) is 17.6 Å². The molecule has 0 unspecified atom stereocenters. The lowest BCUT2D eigenvalue weighted by Crippen LogP contribution is -2.04. The van der Waals surface area contributed by atoms with Crippen molar-refractivity contribution < 1.29 is 26.0 Å². The van der Waals surface area contributed by atoms with Crippen molar-refractivity contribution in [2.75, 3.05) is 6.26 Å². The predicted octanol–water partition coefficient (Wildman–Crippen LogP) is 4.98. The van der Waals surface area contributed by atoms with Gasteiger partial charge in [0, 0.05) is 24.2 Å². The Morgan fingerprint density at radius 2 is 1.63 bits per heavy atom. The summed E-state index contributed by atoms with van der Waals surface area (Å²) >= 11 is 0. The van der Waals surface area contributed by atoms with Gasteiger partial charge in [-0.25, -0.2) is 12.8 Å². The summed E-state index contributed by atoms with van der Waals surface area (Å²) in [6, 6.07) is 9.84. The Balaban J connectivity index is 2.15. The molecule has 2 aromatic carbocycles. The minimum absolute atomic E-state index is 0.287. The molecule has 0 saturated heterocycles. The Kier molecular flexibility index (Phi) is 4.77. The van der Waals surface area contributed by atoms with Gasteiger partial charge in [-0.2, -0.15) is 13.2 Å². The van der Waals surface area contributed by atoms with Crippen molar-refractivity contribution in [1.29, 1.82) is 0 Å². The molecule has 0 fully saturated rings. The highest BCUT2D eigenvalue weighted by Crippen LogP contribution is 2.36. The van der Waals surface area contributed by atoms with Gasteiger partial charge in [0.05, 0.1) is 5.56 Å². The van der Waals surface area contributed by atoms with Gasteiger partial charge < -0.3 is 0 Å². The molecule has 8 heteroatoms. The Bertz CT molecular complexity index is 1110. The summed E-state index contributed by atoms with van der Waals surface area (Å²) in [4.78, 5) is 3.51. The summed E-state index contributed by atoms with van der Waals surface area (Å²) in [7, 11) is -3.73. The lowest BCUT2D eigenvalue weighted by molar-refractivity contribution is -0.137. The van der Waals surface area contributed by atoms with Gasteiger partial charge in [-0.15, -0.1) is 0 Å². The lowest BCUT2D eigenvalue weighted by Gasteiger charge is -2.13. The van der Waals surface area contributed by atoms with E-state index in [1.807, 2.05) is 0 Å². The maximum atomic E-state index is 14.2. The smallest absolute Gasteiger partial charge is 0.264 e. The third kappa shape index (κ3) is 4.00. The van der Waals surface area contributed by atoms with Gasteiger partial charge in [0.25, 0.3) is 0 Å². The van der Waals surface area contributed by atoms with Gasteiger partial charge >= 0.3 is 6.18 Å². The van der Waals surface area contributed by atoms with E-state index in [-0.39, 0.29) is 5.56 Å². The highest BCUT2D eigenvalue weighted by Gasteiger charge is 2.30. The number of hydrogen-bond acceptors (Lipinski definition) is 3. The molecule has 0 spiro atoms. The first kappa shape index (κ1) is 19.0. The van der Waals surface area contributed by atoms with Crippen LogP contribution in [0.5, 0.6) is 0 Å². The monoisotopic (exact) mass is 395 g/mol. The van der Waals surface area contributed by atoms with E-state index in [0.717, 1.165) is 30.5 Å². The molecule has 1 heterocycles. The molecule has 140 valence electrons. The van der Waals surface area contributed by atoms with Gasteiger partial charge in [0.15, 0.2) is 9.84 Å². The molecule has 0 atom stereocenters. The molecule has 3 rings (SSSR count). The zero-order chi connectivity index (χ0) is 19.8. The van der Waals surface area contributed by atoms with Gasteiger partial charge in [-0.05, 0) is 47.0 Å². The number of rotatable bonds is 3. The van der Waals surface area contributed by atoms with Crippen LogP contribution in [0.15, 0.2) is 65.8 Å². The lowest BCUT2D eigenvalue weighted by atomic mass is 9.95. The molecule has 0 aliphatic rings. The molecule has 0 N–H and O–H groups in total. The van der Waals surface area contributed by atoms with Crippen molar-refractivity contribution in [2.24, 2.45) is 0 Å². The van der Waals surface area contributed by atoms with Gasteiger partial charge in [0.2, 0.25) is 0 Å². The van der Waals surface area contributed by atoms with Crippen molar-refractivity contribution in [3.8, 4) is 22.3 Å². The molecule has 0 aliphatic carbocycles. The summed E-state index contributed by atoms with van der Waals surface area (Å²) in [5, 5.41) is 0. The Labute approximate surface area is 153 Å². The average molecular weight is 395 g/mol. The summed E-state index contributed by atoms with van der Waals surface area (Å²) in [5.74, 6) is -0.936. The van der Waals surface area contributed by atoms with E-state index in [4.69, 9.17) is 0 Å². The number of nitrogens with zero attached hydrogens (tertiary/aromatic N) is 1. The molecular formula is C19H13F4NO2S. The topological polar surface area (TPSA) is 47.0 Å². The second-order valence-electron chi connectivity index (χ2n) is 5.92. The van der Waals surface area contributed by atoms with E-state index in [1.165, 1.54) is 36.7 Å². The standard InChI is InChI=1S/C19H13F4NO2S/c1-27(25,26)18-6-5-13(10-17(18)20)16-11-24-8-7-15(16)12-3-2-4-14(9-12)19(21,22)23/h2-11H,1H3. The largest absolute Gasteiger partial charge is 0.416 e. The molecule has 0 radical (unpaired) electrons. The van der Waals surface area contributed by atoms with Crippen molar-refractivity contribution in [1.82, 2.24) is 4.98 Å². The molecular weight excluding hydrogens is 382 g/mol. The van der Waals surface area contributed by atoms with Gasteiger partial charge in [0.1, 0.15) is 10.7 Å². The number of hydrogen-bond donors (Lipinski definition) is 0. The van der Waals surface area contributed by atoms with Crippen molar-refractivity contribution in [3.63, 3.8) is 0 Å². The molecule has 0 aliphatic heterocycles. The fraction of sp³-hybridized carbons (Fsp3) is 0.105. The Morgan fingerprint density at radius 3 is 2.26 bits per heavy atom.